The van der Waals surface area contributed by atoms with E-state index < -0.39 is 18.0 Å². The summed E-state index contributed by atoms with van der Waals surface area (Å²) in [6.45, 7) is 24.4. The van der Waals surface area contributed by atoms with Crippen LogP contribution >= 0.6 is 0 Å². The van der Waals surface area contributed by atoms with Crippen molar-refractivity contribution in [1.82, 2.24) is 21.3 Å². The van der Waals surface area contributed by atoms with Gasteiger partial charge in [-0.15, -0.1) is 6.58 Å². The molecule has 0 fully saturated rings. The lowest BCUT2D eigenvalue weighted by molar-refractivity contribution is -0.127. The van der Waals surface area contributed by atoms with E-state index in [-0.39, 0.29) is 37.1 Å². The van der Waals surface area contributed by atoms with Crippen LogP contribution in [-0.4, -0.2) is 73.7 Å². The van der Waals surface area contributed by atoms with Gasteiger partial charge in [0.25, 0.3) is 0 Å². The van der Waals surface area contributed by atoms with Crippen molar-refractivity contribution >= 4 is 24.0 Å². The van der Waals surface area contributed by atoms with Crippen LogP contribution in [0.1, 0.15) is 74.3 Å². The Morgan fingerprint density at radius 1 is 0.929 bits per heavy atom. The van der Waals surface area contributed by atoms with Gasteiger partial charge in [-0.2, -0.15) is 0 Å². The molecule has 0 saturated carbocycles. The number of carbonyl (C=O) groups is 4. The van der Waals surface area contributed by atoms with Crippen LogP contribution in [0.3, 0.4) is 0 Å². The first-order valence-corrected chi connectivity index (χ1v) is 14.4. The Labute approximate surface area is 254 Å². The highest BCUT2D eigenvalue weighted by Gasteiger charge is 2.22. The normalized spacial score (nSPS) is 10.9. The van der Waals surface area contributed by atoms with Crippen LogP contribution in [0.15, 0.2) is 42.5 Å². The number of ether oxygens (including phenoxy) is 1. The number of rotatable bonds is 14. The van der Waals surface area contributed by atoms with E-state index in [2.05, 4.69) is 74.6 Å². The maximum atomic E-state index is 11.2. The minimum absolute atomic E-state index is 0.00451. The van der Waals surface area contributed by atoms with Crippen molar-refractivity contribution in [2.24, 2.45) is 11.8 Å². The molecule has 10 nitrogen and oxygen atoms in total. The van der Waals surface area contributed by atoms with Crippen LogP contribution in [0.2, 0.25) is 0 Å². The van der Waals surface area contributed by atoms with Gasteiger partial charge in [0.15, 0.2) is 0 Å². The summed E-state index contributed by atoms with van der Waals surface area (Å²) in [5.74, 6) is -0.388. The van der Waals surface area contributed by atoms with Crippen LogP contribution in [0.25, 0.3) is 0 Å². The molecule has 42 heavy (non-hydrogen) atoms. The van der Waals surface area contributed by atoms with Crippen LogP contribution in [0.5, 0.6) is 0 Å². The van der Waals surface area contributed by atoms with E-state index in [0.717, 1.165) is 19.3 Å². The van der Waals surface area contributed by atoms with Crippen molar-refractivity contribution in [3.05, 3.63) is 48.0 Å². The van der Waals surface area contributed by atoms with Gasteiger partial charge in [-0.25, -0.2) is 0 Å². The number of hydrogen-bond donors (Lipinski definition) is 5. The zero-order valence-corrected chi connectivity index (χ0v) is 27.6. The Kier molecular flexibility index (Phi) is 27.7. The molecule has 1 rings (SSSR count). The Morgan fingerprint density at radius 3 is 1.71 bits per heavy atom. The third-order valence-electron chi connectivity index (χ3n) is 5.43. The maximum Gasteiger partial charge on any atom is 0.239 e. The zero-order valence-electron chi connectivity index (χ0n) is 27.6. The molecule has 0 aromatic heterocycles. The maximum absolute atomic E-state index is 11.2. The molecule has 0 bridgehead atoms. The fourth-order valence-electron chi connectivity index (χ4n) is 2.17. The lowest BCUT2D eigenvalue weighted by Crippen LogP contribution is -2.44. The molecule has 10 heteroatoms. The average Bonchev–Trinajstić information content (AvgIpc) is 2.90. The van der Waals surface area contributed by atoms with E-state index in [0.29, 0.717) is 12.5 Å². The van der Waals surface area contributed by atoms with Gasteiger partial charge in [0, 0.05) is 12.5 Å². The average molecular weight is 595 g/mol. The smallest absolute Gasteiger partial charge is 0.239 e. The molecule has 1 aromatic rings. The van der Waals surface area contributed by atoms with Gasteiger partial charge in [-0.3, -0.25) is 19.7 Å². The largest absolute Gasteiger partial charge is 0.379 e. The molecular formula is C32H58N4O6. The van der Waals surface area contributed by atoms with E-state index in [4.69, 9.17) is 9.84 Å². The van der Waals surface area contributed by atoms with Crippen molar-refractivity contribution in [2.45, 2.75) is 87.5 Å². The summed E-state index contributed by atoms with van der Waals surface area (Å²) >= 11 is 0. The highest BCUT2D eigenvalue weighted by atomic mass is 16.5. The molecule has 5 N–H and O–H groups in total. The number of aryl methyl sites for hydroxylation is 1. The predicted molar refractivity (Wildman–Crippen MR) is 171 cm³/mol. The molecule has 0 spiro atoms. The number of nitrogens with one attached hydrogen (secondary N) is 4. The van der Waals surface area contributed by atoms with Crippen LogP contribution in [0, 0.1) is 18.8 Å². The number of amides is 3. The van der Waals surface area contributed by atoms with E-state index in [1.165, 1.54) is 18.1 Å². The molecule has 1 aromatic carbocycles. The molecule has 0 heterocycles. The van der Waals surface area contributed by atoms with Crippen molar-refractivity contribution < 1.29 is 29.0 Å². The Hall–Kier alpha value is -3.08. The SMILES string of the molecule is C=C(C)CCOC(C)(C)C(C)C.CC(C)C=O.CCNC(=O)CNC(=O)CNC(=O)CNC(C)O.Cc1ccccc1. The summed E-state index contributed by atoms with van der Waals surface area (Å²) in [5.41, 5.74) is 2.51. The standard InChI is InChI=1S/C11H22O.C10H20N4O4.C7H8.C4H8O/c1-9(2)7-8-12-11(5,6)10(3)4;1-3-11-8(16)5-13-10(18)6-14-9(17)4-12-7(2)15;1-7-5-3-2-4-6-7;1-4(2)3-5/h10H,1,7-8H2,2-6H3;7,12,15H,3-6H2,1-2H3,(H,11,16)(H,13,18)(H,14,17);2-6H,1H3;3-4H,1-2H3. The number of aliphatic hydroxyl groups is 1. The Balaban J connectivity index is -0.000000539. The molecule has 0 aliphatic carbocycles. The number of aliphatic hydroxyl groups excluding tert-OH is 1. The lowest BCUT2D eigenvalue weighted by Gasteiger charge is -2.29. The molecule has 0 radical (unpaired) electrons. The fourth-order valence-corrected chi connectivity index (χ4v) is 2.17. The second-order valence-corrected chi connectivity index (χ2v) is 10.9. The third-order valence-corrected chi connectivity index (χ3v) is 5.43. The first-order chi connectivity index (χ1) is 19.5. The summed E-state index contributed by atoms with van der Waals surface area (Å²) in [7, 11) is 0. The van der Waals surface area contributed by atoms with Crippen molar-refractivity contribution in [1.29, 1.82) is 0 Å². The quantitative estimate of drug-likeness (QED) is 0.126. The molecular weight excluding hydrogens is 536 g/mol. The fraction of sp³-hybridized carbons (Fsp3) is 0.625. The molecule has 1 unspecified atom stereocenters. The topological polar surface area (TPSA) is 146 Å². The number of benzene rings is 1. The molecule has 0 aliphatic rings. The van der Waals surface area contributed by atoms with E-state index in [1.54, 1.807) is 6.92 Å². The van der Waals surface area contributed by atoms with Crippen LogP contribution in [-0.2, 0) is 23.9 Å². The molecule has 3 amide bonds. The summed E-state index contributed by atoms with van der Waals surface area (Å²) < 4.78 is 5.74. The lowest BCUT2D eigenvalue weighted by atomic mass is 9.95. The summed E-state index contributed by atoms with van der Waals surface area (Å²) in [6.07, 6.45) is 1.10. The van der Waals surface area contributed by atoms with Crippen LogP contribution in [0.4, 0.5) is 0 Å². The molecule has 1 atom stereocenters. The zero-order chi connectivity index (χ0) is 33.1. The van der Waals surface area contributed by atoms with Gasteiger partial charge in [-0.1, -0.05) is 69.2 Å². The minimum atomic E-state index is -0.790. The monoisotopic (exact) mass is 594 g/mol. The van der Waals surface area contributed by atoms with Gasteiger partial charge in [0.1, 0.15) is 12.5 Å². The van der Waals surface area contributed by atoms with Crippen molar-refractivity contribution in [3.63, 3.8) is 0 Å². The van der Waals surface area contributed by atoms with Gasteiger partial charge in [0.2, 0.25) is 17.7 Å². The molecule has 0 saturated heterocycles. The highest BCUT2D eigenvalue weighted by molar-refractivity contribution is 5.88. The summed E-state index contributed by atoms with van der Waals surface area (Å²) in [5, 5.41) is 18.6. The second kappa shape index (κ2) is 26.8. The first kappa shape index (κ1) is 43.4. The Morgan fingerprint density at radius 2 is 1.38 bits per heavy atom. The minimum Gasteiger partial charge on any atom is -0.379 e. The van der Waals surface area contributed by atoms with E-state index in [1.807, 2.05) is 39.0 Å². The number of carbonyl (C=O) groups excluding carboxylic acids is 4. The van der Waals surface area contributed by atoms with Gasteiger partial charge >= 0.3 is 0 Å². The van der Waals surface area contributed by atoms with Gasteiger partial charge in [0.05, 0.1) is 31.8 Å². The third kappa shape index (κ3) is 33.1. The number of likely N-dealkylation sites (N-methyl/N-ethyl adjacent to an activating group) is 1. The first-order valence-electron chi connectivity index (χ1n) is 14.4. The van der Waals surface area contributed by atoms with Gasteiger partial charge < -0.3 is 30.6 Å². The van der Waals surface area contributed by atoms with E-state index in [9.17, 15) is 19.2 Å². The van der Waals surface area contributed by atoms with E-state index >= 15 is 0 Å². The van der Waals surface area contributed by atoms with Crippen molar-refractivity contribution in [3.8, 4) is 0 Å². The summed E-state index contributed by atoms with van der Waals surface area (Å²) in [6, 6.07) is 10.3. The number of aldehydes is 1. The summed E-state index contributed by atoms with van der Waals surface area (Å²) in [4.78, 5) is 42.9. The van der Waals surface area contributed by atoms with Crippen LogP contribution < -0.4 is 21.3 Å². The predicted octanol–water partition coefficient (Wildman–Crippen LogP) is 3.52. The number of hydrogen-bond acceptors (Lipinski definition) is 7. The van der Waals surface area contributed by atoms with Gasteiger partial charge in [-0.05, 0) is 53.9 Å². The molecule has 0 aliphatic heterocycles. The molecule has 242 valence electrons. The Bertz CT molecular complexity index is 871. The highest BCUT2D eigenvalue weighted by Crippen LogP contribution is 2.20. The van der Waals surface area contributed by atoms with Crippen molar-refractivity contribution in [2.75, 3.05) is 32.8 Å². The second-order valence-electron chi connectivity index (χ2n) is 10.9.